The summed E-state index contributed by atoms with van der Waals surface area (Å²) in [6.07, 6.45) is 0. The molecule has 0 saturated carbocycles. The van der Waals surface area contributed by atoms with Gasteiger partial charge in [0.15, 0.2) is 5.78 Å². The highest BCUT2D eigenvalue weighted by Gasteiger charge is 2.47. The van der Waals surface area contributed by atoms with Gasteiger partial charge < -0.3 is 10.0 Å². The molecule has 1 aliphatic rings. The Hall–Kier alpha value is -0.410. The van der Waals surface area contributed by atoms with Gasteiger partial charge in [0.1, 0.15) is 5.60 Å². The smallest absolute Gasteiger partial charge is 0.161 e. The second-order valence-corrected chi connectivity index (χ2v) is 4.40. The molecule has 0 spiro atoms. The molecule has 13 heavy (non-hydrogen) atoms. The van der Waals surface area contributed by atoms with Gasteiger partial charge in [0.2, 0.25) is 0 Å². The summed E-state index contributed by atoms with van der Waals surface area (Å²) in [6.45, 7) is 6.94. The number of carbonyl (C=O) groups is 1. The van der Waals surface area contributed by atoms with Gasteiger partial charge in [-0.25, -0.2) is 0 Å². The molecule has 76 valence electrons. The van der Waals surface area contributed by atoms with Crippen molar-refractivity contribution in [3.63, 3.8) is 0 Å². The number of Topliss-reactive ketones (excluding diaryl/α,β-unsaturated/α-hetero) is 1. The number of ketones is 1. The molecule has 0 bridgehead atoms. The zero-order chi connectivity index (χ0) is 10.2. The van der Waals surface area contributed by atoms with Crippen molar-refractivity contribution < 1.29 is 9.90 Å². The molecular formula is C10H19NO2. The number of hydrogen-bond acceptors (Lipinski definition) is 3. The van der Waals surface area contributed by atoms with Gasteiger partial charge in [-0.1, -0.05) is 13.8 Å². The fourth-order valence-electron chi connectivity index (χ4n) is 2.47. The summed E-state index contributed by atoms with van der Waals surface area (Å²) in [5, 5.41) is 10.2. The maximum Gasteiger partial charge on any atom is 0.161 e. The van der Waals surface area contributed by atoms with Gasteiger partial charge in [-0.2, -0.15) is 0 Å². The zero-order valence-electron chi connectivity index (χ0n) is 8.87. The van der Waals surface area contributed by atoms with Crippen molar-refractivity contribution in [3.8, 4) is 0 Å². The van der Waals surface area contributed by atoms with Crippen LogP contribution in [0.3, 0.4) is 0 Å². The standard InChI is InChI=1S/C10H19NO2/c1-7-5-11(4)6-8(2)10(7,13)9(3)12/h7-8,13H,5-6H2,1-4H3/t7-,8-/m0/s1. The highest BCUT2D eigenvalue weighted by Crippen LogP contribution is 2.32. The number of piperidine rings is 1. The topological polar surface area (TPSA) is 40.5 Å². The quantitative estimate of drug-likeness (QED) is 0.647. The van der Waals surface area contributed by atoms with Gasteiger partial charge in [-0.15, -0.1) is 0 Å². The van der Waals surface area contributed by atoms with E-state index in [1.54, 1.807) is 0 Å². The minimum Gasteiger partial charge on any atom is -0.381 e. The molecule has 0 aromatic rings. The van der Waals surface area contributed by atoms with Crippen molar-refractivity contribution in [2.45, 2.75) is 26.4 Å². The van der Waals surface area contributed by atoms with Crippen LogP contribution < -0.4 is 0 Å². The van der Waals surface area contributed by atoms with Gasteiger partial charge in [0, 0.05) is 24.9 Å². The molecule has 1 N–H and O–H groups in total. The summed E-state index contributed by atoms with van der Waals surface area (Å²) in [7, 11) is 2.02. The molecular weight excluding hydrogens is 166 g/mol. The van der Waals surface area contributed by atoms with E-state index in [9.17, 15) is 9.90 Å². The van der Waals surface area contributed by atoms with Gasteiger partial charge in [0.05, 0.1) is 0 Å². The third kappa shape index (κ3) is 1.63. The molecule has 1 rings (SSSR count). The molecule has 1 saturated heterocycles. The molecule has 0 aliphatic carbocycles. The average molecular weight is 185 g/mol. The number of aliphatic hydroxyl groups is 1. The Morgan fingerprint density at radius 1 is 1.38 bits per heavy atom. The molecule has 0 aromatic carbocycles. The lowest BCUT2D eigenvalue weighted by Gasteiger charge is -2.45. The Balaban J connectivity index is 2.89. The first-order valence-corrected chi connectivity index (χ1v) is 4.81. The van der Waals surface area contributed by atoms with Crippen molar-refractivity contribution in [1.82, 2.24) is 4.90 Å². The molecule has 1 fully saturated rings. The van der Waals surface area contributed by atoms with Crippen LogP contribution >= 0.6 is 0 Å². The summed E-state index contributed by atoms with van der Waals surface area (Å²) in [4.78, 5) is 13.5. The third-order valence-electron chi connectivity index (χ3n) is 3.24. The first-order chi connectivity index (χ1) is 5.89. The first kappa shape index (κ1) is 10.7. The van der Waals surface area contributed by atoms with E-state index < -0.39 is 5.60 Å². The van der Waals surface area contributed by atoms with Gasteiger partial charge >= 0.3 is 0 Å². The number of carbonyl (C=O) groups excluding carboxylic acids is 1. The van der Waals surface area contributed by atoms with Crippen molar-refractivity contribution in [2.24, 2.45) is 11.8 Å². The number of nitrogens with zero attached hydrogens (tertiary/aromatic N) is 1. The Kier molecular flexibility index (Phi) is 2.78. The van der Waals surface area contributed by atoms with E-state index in [2.05, 4.69) is 4.90 Å². The molecule has 0 radical (unpaired) electrons. The van der Waals surface area contributed by atoms with Crippen LogP contribution in [-0.4, -0.2) is 41.5 Å². The summed E-state index contributed by atoms with van der Waals surface area (Å²) >= 11 is 0. The molecule has 3 nitrogen and oxygen atoms in total. The van der Waals surface area contributed by atoms with Crippen molar-refractivity contribution in [3.05, 3.63) is 0 Å². The normalized spacial score (nSPS) is 34.5. The SMILES string of the molecule is CC(=O)C1(O)[C@@H](C)CN(C)C[C@@H]1C. The highest BCUT2D eigenvalue weighted by molar-refractivity contribution is 5.85. The lowest BCUT2D eigenvalue weighted by molar-refractivity contribution is -0.155. The Labute approximate surface area is 79.7 Å². The van der Waals surface area contributed by atoms with Gasteiger partial charge in [-0.3, -0.25) is 4.79 Å². The van der Waals surface area contributed by atoms with Crippen LogP contribution in [0, 0.1) is 11.8 Å². The molecule has 1 aliphatic heterocycles. The van der Waals surface area contributed by atoms with Crippen LogP contribution in [0.25, 0.3) is 0 Å². The van der Waals surface area contributed by atoms with E-state index in [1.165, 1.54) is 6.92 Å². The van der Waals surface area contributed by atoms with Gasteiger partial charge in [-0.05, 0) is 14.0 Å². The fourth-order valence-corrected chi connectivity index (χ4v) is 2.47. The Morgan fingerprint density at radius 2 is 1.77 bits per heavy atom. The van der Waals surface area contributed by atoms with Crippen LogP contribution in [0.4, 0.5) is 0 Å². The van der Waals surface area contributed by atoms with Crippen LogP contribution in [0.2, 0.25) is 0 Å². The third-order valence-corrected chi connectivity index (χ3v) is 3.24. The molecule has 0 aromatic heterocycles. The minimum atomic E-state index is -1.10. The lowest BCUT2D eigenvalue weighted by atomic mass is 9.73. The molecule has 0 amide bonds. The average Bonchev–Trinajstić information content (AvgIpc) is 1.99. The second-order valence-electron chi connectivity index (χ2n) is 4.40. The minimum absolute atomic E-state index is 0.0266. The van der Waals surface area contributed by atoms with E-state index >= 15 is 0 Å². The molecule has 2 atom stereocenters. The lowest BCUT2D eigenvalue weighted by Crippen LogP contribution is -2.59. The maximum atomic E-state index is 11.4. The number of hydrogen-bond donors (Lipinski definition) is 1. The molecule has 3 heteroatoms. The van der Waals surface area contributed by atoms with Crippen LogP contribution in [0.1, 0.15) is 20.8 Å². The summed E-state index contributed by atoms with van der Waals surface area (Å²) in [5.41, 5.74) is -1.10. The summed E-state index contributed by atoms with van der Waals surface area (Å²) in [5.74, 6) is -0.0434. The fraction of sp³-hybridized carbons (Fsp3) is 0.900. The maximum absolute atomic E-state index is 11.4. The highest BCUT2D eigenvalue weighted by atomic mass is 16.3. The Morgan fingerprint density at radius 3 is 2.08 bits per heavy atom. The second kappa shape index (κ2) is 3.39. The van der Waals surface area contributed by atoms with Crippen molar-refractivity contribution in [2.75, 3.05) is 20.1 Å². The van der Waals surface area contributed by atoms with Crippen molar-refractivity contribution in [1.29, 1.82) is 0 Å². The summed E-state index contributed by atoms with van der Waals surface area (Å²) < 4.78 is 0. The van der Waals surface area contributed by atoms with Crippen molar-refractivity contribution >= 4 is 5.78 Å². The van der Waals surface area contributed by atoms with Gasteiger partial charge in [0.25, 0.3) is 0 Å². The largest absolute Gasteiger partial charge is 0.381 e. The molecule has 1 heterocycles. The van der Waals surface area contributed by atoms with Crippen LogP contribution in [0.15, 0.2) is 0 Å². The van der Waals surface area contributed by atoms with Crippen LogP contribution in [0.5, 0.6) is 0 Å². The van der Waals surface area contributed by atoms with Crippen LogP contribution in [-0.2, 0) is 4.79 Å². The number of rotatable bonds is 1. The summed E-state index contributed by atoms with van der Waals surface area (Å²) in [6, 6.07) is 0. The predicted octanol–water partition coefficient (Wildman–Crippen LogP) is 0.524. The number of likely N-dealkylation sites (tertiary alicyclic amines) is 1. The first-order valence-electron chi connectivity index (χ1n) is 4.81. The molecule has 0 unspecified atom stereocenters. The van der Waals surface area contributed by atoms with E-state index in [-0.39, 0.29) is 17.6 Å². The zero-order valence-corrected chi connectivity index (χ0v) is 8.87. The monoisotopic (exact) mass is 185 g/mol. The van der Waals surface area contributed by atoms with E-state index in [1.807, 2.05) is 20.9 Å². The van der Waals surface area contributed by atoms with E-state index in [0.29, 0.717) is 0 Å². The van der Waals surface area contributed by atoms with E-state index in [4.69, 9.17) is 0 Å². The predicted molar refractivity (Wildman–Crippen MR) is 51.5 cm³/mol. The van der Waals surface area contributed by atoms with E-state index in [0.717, 1.165) is 13.1 Å². The Bertz CT molecular complexity index is 203.